The Hall–Kier alpha value is -3.55. The molecule has 0 aliphatic heterocycles. The van der Waals surface area contributed by atoms with Gasteiger partial charge in [0.15, 0.2) is 0 Å². The van der Waals surface area contributed by atoms with Gasteiger partial charge in [0.25, 0.3) is 0 Å². The van der Waals surface area contributed by atoms with Crippen molar-refractivity contribution in [2.45, 2.75) is 0 Å². The van der Waals surface area contributed by atoms with Crippen LogP contribution in [-0.2, 0) is 4.74 Å². The molecule has 0 unspecified atom stereocenters. The predicted octanol–water partition coefficient (Wildman–Crippen LogP) is 3.09. The molecule has 2 aromatic carbocycles. The van der Waals surface area contributed by atoms with Crippen molar-refractivity contribution < 1.29 is 19.0 Å². The fraction of sp³-hybridized carbons (Fsp3) is 0.118. The number of nitrogens with one attached hydrogen (secondary N) is 2. The molecular weight excluding hydrogens is 324 g/mol. The molecular formula is C17H16N4O4. The minimum atomic E-state index is -0.689. The zero-order valence-corrected chi connectivity index (χ0v) is 13.6. The molecule has 3 rings (SSSR count). The number of hydrogen-bond donors (Lipinski definition) is 2. The number of rotatable bonds is 3. The number of carbonyl (C=O) groups excluding carboxylic acids is 1. The van der Waals surface area contributed by atoms with Gasteiger partial charge >= 0.3 is 12.1 Å². The van der Waals surface area contributed by atoms with E-state index in [1.807, 2.05) is 6.07 Å². The van der Waals surface area contributed by atoms with E-state index in [-0.39, 0.29) is 12.0 Å². The number of aromatic nitrogens is 2. The van der Waals surface area contributed by atoms with Crippen LogP contribution in [0.5, 0.6) is 11.5 Å². The summed E-state index contributed by atoms with van der Waals surface area (Å²) in [4.78, 5) is 15.9. The molecule has 0 fully saturated rings. The van der Waals surface area contributed by atoms with Crippen molar-refractivity contribution in [1.82, 2.24) is 9.55 Å². The number of benzene rings is 2. The lowest BCUT2D eigenvalue weighted by Crippen LogP contribution is -2.23. The van der Waals surface area contributed by atoms with Crippen LogP contribution in [0.15, 0.2) is 48.5 Å². The lowest BCUT2D eigenvalue weighted by molar-refractivity contribution is 0.186. The van der Waals surface area contributed by atoms with Gasteiger partial charge in [-0.1, -0.05) is 18.2 Å². The summed E-state index contributed by atoms with van der Waals surface area (Å²) in [7, 11) is 2.80. The number of nitrogens with zero attached hydrogens (tertiary/aromatic N) is 2. The third-order valence-corrected chi connectivity index (χ3v) is 3.42. The maximum Gasteiger partial charge on any atom is 0.413 e. The topological polar surface area (TPSA) is 98.5 Å². The standard InChI is InChI=1S/C17H16N4O4/c1-23-11-6-5-7-12(10-11)25-15(18)21-14-9-4-3-8-13(14)19-16(21)20-17(22)24-2/h3-10,18H,1-2H3,(H,19,20,22). The number of methoxy groups -OCH3 is 2. The fourth-order valence-electron chi connectivity index (χ4n) is 2.28. The van der Waals surface area contributed by atoms with E-state index in [1.54, 1.807) is 49.6 Å². The van der Waals surface area contributed by atoms with E-state index < -0.39 is 6.09 Å². The SMILES string of the molecule is COC(=O)Nc1nc2ccccc2n1C(=N)Oc1cccc(OC)c1. The number of amides is 1. The van der Waals surface area contributed by atoms with E-state index in [2.05, 4.69) is 15.0 Å². The average Bonchev–Trinajstić information content (AvgIpc) is 2.99. The Morgan fingerprint density at radius 3 is 2.64 bits per heavy atom. The van der Waals surface area contributed by atoms with Gasteiger partial charge in [-0.15, -0.1) is 0 Å². The van der Waals surface area contributed by atoms with Crippen molar-refractivity contribution in [1.29, 1.82) is 5.41 Å². The van der Waals surface area contributed by atoms with Gasteiger partial charge in [0.05, 0.1) is 25.3 Å². The molecule has 25 heavy (non-hydrogen) atoms. The van der Waals surface area contributed by atoms with Crippen LogP contribution in [0, 0.1) is 5.41 Å². The average molecular weight is 340 g/mol. The summed E-state index contributed by atoms with van der Waals surface area (Å²) in [5.41, 5.74) is 1.22. The van der Waals surface area contributed by atoms with Crippen molar-refractivity contribution in [2.24, 2.45) is 0 Å². The third kappa shape index (κ3) is 3.37. The molecule has 0 saturated carbocycles. The first kappa shape index (κ1) is 16.3. The van der Waals surface area contributed by atoms with E-state index >= 15 is 0 Å². The van der Waals surface area contributed by atoms with Gasteiger partial charge in [-0.3, -0.25) is 10.7 Å². The van der Waals surface area contributed by atoms with E-state index in [1.165, 1.54) is 11.7 Å². The number of ether oxygens (including phenoxy) is 3. The van der Waals surface area contributed by atoms with Crippen molar-refractivity contribution >= 4 is 29.1 Å². The first-order valence-electron chi connectivity index (χ1n) is 7.35. The lowest BCUT2D eigenvalue weighted by atomic mass is 10.3. The molecule has 8 nitrogen and oxygen atoms in total. The maximum absolute atomic E-state index is 11.6. The minimum Gasteiger partial charge on any atom is -0.497 e. The Bertz CT molecular complexity index is 935. The molecule has 3 aromatic rings. The van der Waals surface area contributed by atoms with E-state index in [4.69, 9.17) is 14.9 Å². The summed E-state index contributed by atoms with van der Waals surface area (Å²) in [6.45, 7) is 0. The second kappa shape index (κ2) is 6.91. The molecule has 0 radical (unpaired) electrons. The summed E-state index contributed by atoms with van der Waals surface area (Å²) in [6, 6.07) is 13.8. The Balaban J connectivity index is 1.98. The summed E-state index contributed by atoms with van der Waals surface area (Å²) >= 11 is 0. The summed E-state index contributed by atoms with van der Waals surface area (Å²) in [5.74, 6) is 1.15. The third-order valence-electron chi connectivity index (χ3n) is 3.42. The van der Waals surface area contributed by atoms with Crippen LogP contribution in [0.3, 0.4) is 0 Å². The smallest absolute Gasteiger partial charge is 0.413 e. The molecule has 8 heteroatoms. The first-order chi connectivity index (χ1) is 12.1. The van der Waals surface area contributed by atoms with Crippen LogP contribution >= 0.6 is 0 Å². The maximum atomic E-state index is 11.6. The van der Waals surface area contributed by atoms with Crippen LogP contribution < -0.4 is 14.8 Å². The van der Waals surface area contributed by atoms with Crippen LogP contribution in [-0.4, -0.2) is 35.9 Å². The van der Waals surface area contributed by atoms with Crippen molar-refractivity contribution in [3.8, 4) is 11.5 Å². The first-order valence-corrected chi connectivity index (χ1v) is 7.35. The summed E-state index contributed by atoms with van der Waals surface area (Å²) in [6.07, 6.45) is -0.689. The van der Waals surface area contributed by atoms with Crippen LogP contribution in [0.25, 0.3) is 11.0 Å². The molecule has 128 valence electrons. The van der Waals surface area contributed by atoms with Gasteiger partial charge in [-0.25, -0.2) is 14.3 Å². The highest BCUT2D eigenvalue weighted by Crippen LogP contribution is 2.23. The monoisotopic (exact) mass is 340 g/mol. The Labute approximate surface area is 143 Å². The molecule has 1 aromatic heterocycles. The highest BCUT2D eigenvalue weighted by Gasteiger charge is 2.18. The van der Waals surface area contributed by atoms with Crippen molar-refractivity contribution in [3.63, 3.8) is 0 Å². The quantitative estimate of drug-likeness (QED) is 0.564. The second-order valence-corrected chi connectivity index (χ2v) is 4.96. The number of fused-ring (bicyclic) bond motifs is 1. The zero-order valence-electron chi connectivity index (χ0n) is 13.6. The molecule has 0 aliphatic carbocycles. The normalized spacial score (nSPS) is 10.3. The molecule has 1 amide bonds. The minimum absolute atomic E-state index is 0.126. The lowest BCUT2D eigenvalue weighted by Gasteiger charge is -2.12. The molecule has 0 saturated heterocycles. The van der Waals surface area contributed by atoms with Gasteiger partial charge in [0.2, 0.25) is 5.95 Å². The number of carbonyl (C=O) groups is 1. The van der Waals surface area contributed by atoms with Gasteiger partial charge in [-0.2, -0.15) is 0 Å². The van der Waals surface area contributed by atoms with Gasteiger partial charge < -0.3 is 14.2 Å². The van der Waals surface area contributed by atoms with Gasteiger partial charge in [0.1, 0.15) is 11.5 Å². The molecule has 0 spiro atoms. The highest BCUT2D eigenvalue weighted by molar-refractivity contribution is 5.95. The fourth-order valence-corrected chi connectivity index (χ4v) is 2.28. The zero-order chi connectivity index (χ0) is 17.8. The van der Waals surface area contributed by atoms with Crippen molar-refractivity contribution in [2.75, 3.05) is 19.5 Å². The summed E-state index contributed by atoms with van der Waals surface area (Å²) in [5, 5.41) is 10.8. The molecule has 1 heterocycles. The summed E-state index contributed by atoms with van der Waals surface area (Å²) < 4.78 is 16.7. The Morgan fingerprint density at radius 1 is 1.12 bits per heavy atom. The Kier molecular flexibility index (Phi) is 4.51. The predicted molar refractivity (Wildman–Crippen MR) is 92.5 cm³/mol. The van der Waals surface area contributed by atoms with Crippen LogP contribution in [0.2, 0.25) is 0 Å². The number of imidazole rings is 1. The van der Waals surface area contributed by atoms with E-state index in [0.717, 1.165) is 0 Å². The van der Waals surface area contributed by atoms with Crippen molar-refractivity contribution in [3.05, 3.63) is 48.5 Å². The van der Waals surface area contributed by atoms with Gasteiger partial charge in [-0.05, 0) is 24.3 Å². The molecule has 2 N–H and O–H groups in total. The number of hydrogen-bond acceptors (Lipinski definition) is 6. The highest BCUT2D eigenvalue weighted by atomic mass is 16.5. The number of anilines is 1. The number of para-hydroxylation sites is 2. The molecule has 0 aliphatic rings. The van der Waals surface area contributed by atoms with Crippen LogP contribution in [0.4, 0.5) is 10.7 Å². The largest absolute Gasteiger partial charge is 0.497 e. The molecule has 0 atom stereocenters. The van der Waals surface area contributed by atoms with E-state index in [0.29, 0.717) is 22.5 Å². The van der Waals surface area contributed by atoms with Crippen LogP contribution in [0.1, 0.15) is 0 Å². The molecule has 0 bridgehead atoms. The van der Waals surface area contributed by atoms with Gasteiger partial charge in [0, 0.05) is 6.07 Å². The Morgan fingerprint density at radius 2 is 1.88 bits per heavy atom. The van der Waals surface area contributed by atoms with E-state index in [9.17, 15) is 4.79 Å². The second-order valence-electron chi connectivity index (χ2n) is 4.96.